The molecule has 216 valence electrons. The fourth-order valence-electron chi connectivity index (χ4n) is 6.06. The molecule has 0 radical (unpaired) electrons. The molecule has 0 N–H and O–H groups in total. The number of methoxy groups -OCH3 is 2. The molecule has 7 heteroatoms. The van der Waals surface area contributed by atoms with E-state index in [1.807, 2.05) is 133 Å². The number of ketones is 1. The monoisotopic (exact) mass is 664 g/mol. The number of carbonyl (C=O) groups is 1. The van der Waals surface area contributed by atoms with Crippen LogP contribution in [0.15, 0.2) is 114 Å². The summed E-state index contributed by atoms with van der Waals surface area (Å²) in [6.07, 6.45) is 0. The molecule has 3 aromatic carbocycles. The molecule has 0 bridgehead atoms. The van der Waals surface area contributed by atoms with Crippen molar-refractivity contribution in [3.05, 3.63) is 114 Å². The Hall–Kier alpha value is -2.89. The molecule has 6 nitrogen and oxygen atoms in total. The minimum absolute atomic E-state index is 0.355. The fourth-order valence-corrected chi connectivity index (χ4v) is 19.1. The molecule has 1 aliphatic carbocycles. The van der Waals surface area contributed by atoms with E-state index in [0.717, 1.165) is 10.5 Å². The zero-order chi connectivity index (χ0) is 29.7. The maximum atomic E-state index is 15.1. The summed E-state index contributed by atoms with van der Waals surface area (Å²) in [5, 5.41) is 0. The second-order valence-corrected chi connectivity index (χ2v) is 23.3. The van der Waals surface area contributed by atoms with Crippen LogP contribution < -0.4 is 10.5 Å². The van der Waals surface area contributed by atoms with Gasteiger partial charge in [0.2, 0.25) is 0 Å². The standard InChI is InChI=1S/C16H25O6.3C6H5.Sb/c1-14(2,3)9-10(20-7)11(21-8)12(15(4,5)6)16(18,22-19)13(9)17;3*1-2-4-6-5-3-1;/h19H,1-8H3;3*1-5H;/q-1;;;;+2/p-1. The normalized spacial score (nSPS) is 23.3. The second kappa shape index (κ2) is 10.1. The van der Waals surface area contributed by atoms with Gasteiger partial charge in [0.25, 0.3) is 0 Å². The van der Waals surface area contributed by atoms with Crippen LogP contribution in [-0.2, 0) is 25.3 Å². The predicted molar refractivity (Wildman–Crippen MR) is 162 cm³/mol. The molecule has 1 fully saturated rings. The summed E-state index contributed by atoms with van der Waals surface area (Å²) in [5.41, 5.74) is -0.350. The number of hydrogen-bond acceptors (Lipinski definition) is 6. The molecule has 5 rings (SSSR count). The van der Waals surface area contributed by atoms with Gasteiger partial charge in [-0.3, -0.25) is 0 Å². The average molecular weight is 665 g/mol. The Labute approximate surface area is 245 Å². The Morgan fingerprint density at radius 3 is 1.39 bits per heavy atom. The van der Waals surface area contributed by atoms with Crippen molar-refractivity contribution in [1.29, 1.82) is 0 Å². The molecule has 1 unspecified atom stereocenters. The molecule has 1 atom stereocenters. The Kier molecular flexibility index (Phi) is 7.31. The first-order valence-corrected chi connectivity index (χ1v) is 19.7. The van der Waals surface area contributed by atoms with Gasteiger partial charge in [-0.2, -0.15) is 0 Å². The van der Waals surface area contributed by atoms with Gasteiger partial charge in [0.05, 0.1) is 0 Å². The third-order valence-corrected chi connectivity index (χ3v) is 21.0. The number of ether oxygens (including phenoxy) is 2. The van der Waals surface area contributed by atoms with E-state index in [4.69, 9.17) is 20.5 Å². The zero-order valence-corrected chi connectivity index (χ0v) is 27.6. The predicted octanol–water partition coefficient (Wildman–Crippen LogP) is 5.25. The molecule has 2 aliphatic rings. The third kappa shape index (κ3) is 4.22. The zero-order valence-electron chi connectivity index (χ0n) is 25.1. The van der Waals surface area contributed by atoms with Gasteiger partial charge < -0.3 is 0 Å². The first-order valence-electron chi connectivity index (χ1n) is 13.8. The number of Topliss-reactive ketones (excluding diaryl/α,β-unsaturated/α-hetero) is 1. The number of rotatable bonds is 5. The summed E-state index contributed by atoms with van der Waals surface area (Å²) in [6.45, 7) is 11.9. The maximum absolute atomic E-state index is 15.1. The number of hydrogen-bond donors (Lipinski definition) is 0. The molecule has 1 saturated heterocycles. The molecule has 0 saturated carbocycles. The summed E-state index contributed by atoms with van der Waals surface area (Å²) < 4.78 is 29.0. The first-order chi connectivity index (χ1) is 19.4. The number of carbonyl (C=O) groups excluding carboxylic acids is 1. The Bertz CT molecular complexity index is 1410. The summed E-state index contributed by atoms with van der Waals surface area (Å²) >= 11 is -5.62. The van der Waals surface area contributed by atoms with Crippen molar-refractivity contribution in [2.75, 3.05) is 14.2 Å². The van der Waals surface area contributed by atoms with Gasteiger partial charge in [-0.05, 0) is 0 Å². The van der Waals surface area contributed by atoms with Gasteiger partial charge in [-0.1, -0.05) is 0 Å². The van der Waals surface area contributed by atoms with Crippen molar-refractivity contribution >= 4 is 34.6 Å². The van der Waals surface area contributed by atoms with Crippen molar-refractivity contribution < 1.29 is 25.3 Å². The van der Waals surface area contributed by atoms with Crippen LogP contribution in [0, 0.1) is 10.8 Å². The molecule has 0 amide bonds. The molecular weight excluding hydrogens is 626 g/mol. The van der Waals surface area contributed by atoms with Gasteiger partial charge >= 0.3 is 246 Å². The van der Waals surface area contributed by atoms with E-state index in [-0.39, 0.29) is 5.78 Å². The van der Waals surface area contributed by atoms with Crippen LogP contribution in [0.25, 0.3) is 0 Å². The summed E-state index contributed by atoms with van der Waals surface area (Å²) in [4.78, 5) is 21.6. The van der Waals surface area contributed by atoms with Crippen molar-refractivity contribution in [1.82, 2.24) is 0 Å². The molecule has 1 spiro atoms. The third-order valence-electron chi connectivity index (χ3n) is 7.70. The molecule has 0 aromatic heterocycles. The fraction of sp³-hybridized carbons (Fsp3) is 0.324. The SMILES string of the molecule is COC1=C(C(C)(C)C)C(=O)C2(O[O][Sb]([c]3ccccc3)([c]3ccccc3)([c]3ccccc3)[O]2)C(C(C)(C)C)=C1OC. The van der Waals surface area contributed by atoms with Crippen LogP contribution in [0.1, 0.15) is 41.5 Å². The average Bonchev–Trinajstić information content (AvgIpc) is 3.33. The van der Waals surface area contributed by atoms with E-state index in [1.54, 1.807) is 14.2 Å². The molecule has 1 aliphatic heterocycles. The summed E-state index contributed by atoms with van der Waals surface area (Å²) in [5.74, 6) is -1.49. The van der Waals surface area contributed by atoms with E-state index in [9.17, 15) is 0 Å². The van der Waals surface area contributed by atoms with Crippen molar-refractivity contribution in [3.8, 4) is 0 Å². The molecule has 1 heterocycles. The van der Waals surface area contributed by atoms with Gasteiger partial charge in [0, 0.05) is 0 Å². The molecule has 3 aromatic rings. The van der Waals surface area contributed by atoms with Crippen molar-refractivity contribution in [2.24, 2.45) is 10.8 Å². The summed E-state index contributed by atoms with van der Waals surface area (Å²) in [7, 11) is 3.14. The van der Waals surface area contributed by atoms with Gasteiger partial charge in [0.15, 0.2) is 0 Å². The molecule has 41 heavy (non-hydrogen) atoms. The quantitative estimate of drug-likeness (QED) is 0.274. The van der Waals surface area contributed by atoms with E-state index in [2.05, 4.69) is 0 Å². The van der Waals surface area contributed by atoms with Crippen LogP contribution in [-0.4, -0.2) is 44.0 Å². The van der Waals surface area contributed by atoms with E-state index < -0.39 is 34.9 Å². The van der Waals surface area contributed by atoms with E-state index in [0.29, 0.717) is 22.7 Å². The Balaban J connectivity index is 1.97. The van der Waals surface area contributed by atoms with Gasteiger partial charge in [-0.25, -0.2) is 0 Å². The number of benzene rings is 3. The van der Waals surface area contributed by atoms with Crippen LogP contribution in [0.4, 0.5) is 0 Å². The minimum atomic E-state index is -5.62. The van der Waals surface area contributed by atoms with Gasteiger partial charge in [0.1, 0.15) is 0 Å². The first kappa shape index (κ1) is 29.6. The van der Waals surface area contributed by atoms with Gasteiger partial charge in [-0.15, -0.1) is 0 Å². The topological polar surface area (TPSA) is 63.2 Å². The van der Waals surface area contributed by atoms with Crippen LogP contribution in [0.3, 0.4) is 0 Å². The van der Waals surface area contributed by atoms with Crippen LogP contribution in [0.2, 0.25) is 0 Å². The Morgan fingerprint density at radius 2 is 1.05 bits per heavy atom. The summed E-state index contributed by atoms with van der Waals surface area (Å²) in [6, 6.07) is 29.7. The second-order valence-electron chi connectivity index (χ2n) is 12.5. The van der Waals surface area contributed by atoms with Crippen molar-refractivity contribution in [2.45, 2.75) is 47.3 Å². The van der Waals surface area contributed by atoms with Crippen LogP contribution >= 0.6 is 0 Å². The molecular formula is C34H39O6Sb. The Morgan fingerprint density at radius 1 is 0.634 bits per heavy atom. The van der Waals surface area contributed by atoms with Crippen LogP contribution in [0.5, 0.6) is 0 Å². The van der Waals surface area contributed by atoms with Crippen molar-refractivity contribution in [3.63, 3.8) is 0 Å². The van der Waals surface area contributed by atoms with E-state index >= 15 is 4.79 Å². The van der Waals surface area contributed by atoms with E-state index in [1.165, 1.54) is 0 Å².